The third-order valence-corrected chi connectivity index (χ3v) is 6.03. The molecule has 0 radical (unpaired) electrons. The lowest BCUT2D eigenvalue weighted by molar-refractivity contribution is 0.191. The Bertz CT molecular complexity index is 547. The molecule has 4 nitrogen and oxygen atoms in total. The van der Waals surface area contributed by atoms with Gasteiger partial charge in [-0.25, -0.2) is 8.42 Å². The Hall–Kier alpha value is -0.620. The SMILES string of the molecule is CC1CCN(S(=O)(=O)c2ccccc2CCl)C1CO. The highest BCUT2D eigenvalue weighted by Gasteiger charge is 2.39. The Morgan fingerprint density at radius 2 is 2.11 bits per heavy atom. The van der Waals surface area contributed by atoms with Crippen LogP contribution in [0.15, 0.2) is 29.2 Å². The highest BCUT2D eigenvalue weighted by atomic mass is 35.5. The number of aliphatic hydroxyl groups excluding tert-OH is 1. The van der Waals surface area contributed by atoms with E-state index in [-0.39, 0.29) is 29.3 Å². The number of aliphatic hydroxyl groups is 1. The van der Waals surface area contributed by atoms with Gasteiger partial charge in [0.2, 0.25) is 10.0 Å². The molecular formula is C13H18ClNO3S. The second kappa shape index (κ2) is 5.79. The van der Waals surface area contributed by atoms with E-state index in [4.69, 9.17) is 11.6 Å². The first kappa shape index (κ1) is 14.8. The summed E-state index contributed by atoms with van der Waals surface area (Å²) in [6.07, 6.45) is 0.771. The zero-order chi connectivity index (χ0) is 14.0. The van der Waals surface area contributed by atoms with E-state index in [2.05, 4.69) is 0 Å². The Morgan fingerprint density at radius 3 is 2.74 bits per heavy atom. The second-order valence-electron chi connectivity index (χ2n) is 4.87. The van der Waals surface area contributed by atoms with Crippen molar-refractivity contribution in [3.8, 4) is 0 Å². The number of alkyl halides is 1. The summed E-state index contributed by atoms with van der Waals surface area (Å²) in [6, 6.07) is 6.41. The summed E-state index contributed by atoms with van der Waals surface area (Å²) in [5.74, 6) is 0.325. The van der Waals surface area contributed by atoms with Gasteiger partial charge in [0.1, 0.15) is 0 Å². The molecule has 1 aliphatic heterocycles. The molecule has 1 saturated heterocycles. The summed E-state index contributed by atoms with van der Waals surface area (Å²) in [7, 11) is -3.59. The van der Waals surface area contributed by atoms with E-state index in [1.54, 1.807) is 24.3 Å². The van der Waals surface area contributed by atoms with Crippen molar-refractivity contribution in [3.05, 3.63) is 29.8 Å². The zero-order valence-corrected chi connectivity index (χ0v) is 12.4. The maximum Gasteiger partial charge on any atom is 0.243 e. The lowest BCUT2D eigenvalue weighted by Crippen LogP contribution is -2.40. The van der Waals surface area contributed by atoms with Crippen molar-refractivity contribution >= 4 is 21.6 Å². The Morgan fingerprint density at radius 1 is 1.42 bits per heavy atom. The fourth-order valence-electron chi connectivity index (χ4n) is 2.53. The summed E-state index contributed by atoms with van der Waals surface area (Å²) >= 11 is 5.81. The number of benzene rings is 1. The van der Waals surface area contributed by atoms with Crippen LogP contribution in [0.25, 0.3) is 0 Å². The predicted octanol–water partition coefficient (Wildman–Crippen LogP) is 1.82. The smallest absolute Gasteiger partial charge is 0.243 e. The summed E-state index contributed by atoms with van der Waals surface area (Å²) in [6.45, 7) is 2.26. The summed E-state index contributed by atoms with van der Waals surface area (Å²) in [4.78, 5) is 0.248. The number of nitrogens with zero attached hydrogens (tertiary/aromatic N) is 1. The zero-order valence-electron chi connectivity index (χ0n) is 10.8. The maximum atomic E-state index is 12.7. The third-order valence-electron chi connectivity index (χ3n) is 3.72. The Kier molecular flexibility index (Phi) is 4.50. The number of rotatable bonds is 4. The van der Waals surface area contributed by atoms with E-state index in [1.165, 1.54) is 4.31 Å². The van der Waals surface area contributed by atoms with Crippen molar-refractivity contribution in [1.82, 2.24) is 4.31 Å². The van der Waals surface area contributed by atoms with Crippen LogP contribution in [-0.2, 0) is 15.9 Å². The molecule has 1 heterocycles. The topological polar surface area (TPSA) is 57.6 Å². The fraction of sp³-hybridized carbons (Fsp3) is 0.538. The van der Waals surface area contributed by atoms with E-state index in [1.807, 2.05) is 6.92 Å². The quantitative estimate of drug-likeness (QED) is 0.863. The lowest BCUT2D eigenvalue weighted by Gasteiger charge is -2.25. The summed E-state index contributed by atoms with van der Waals surface area (Å²) in [5.41, 5.74) is 0.598. The van der Waals surface area contributed by atoms with Crippen LogP contribution in [0, 0.1) is 5.92 Å². The van der Waals surface area contributed by atoms with Crippen molar-refractivity contribution in [1.29, 1.82) is 0 Å². The van der Waals surface area contributed by atoms with Gasteiger partial charge in [0.05, 0.1) is 17.5 Å². The number of hydrogen-bond donors (Lipinski definition) is 1. The molecule has 1 aliphatic rings. The number of halogens is 1. The van der Waals surface area contributed by atoms with Crippen LogP contribution in [0.3, 0.4) is 0 Å². The molecule has 1 N–H and O–H groups in total. The summed E-state index contributed by atoms with van der Waals surface area (Å²) in [5, 5.41) is 9.41. The molecule has 1 aromatic carbocycles. The molecule has 0 spiro atoms. The monoisotopic (exact) mass is 303 g/mol. The summed E-state index contributed by atoms with van der Waals surface area (Å²) < 4.78 is 26.8. The molecule has 2 unspecified atom stereocenters. The van der Waals surface area contributed by atoms with Crippen LogP contribution < -0.4 is 0 Å². The highest BCUT2D eigenvalue weighted by molar-refractivity contribution is 7.89. The lowest BCUT2D eigenvalue weighted by atomic mass is 10.0. The predicted molar refractivity (Wildman–Crippen MR) is 74.5 cm³/mol. The minimum Gasteiger partial charge on any atom is -0.395 e. The van der Waals surface area contributed by atoms with Crippen LogP contribution >= 0.6 is 11.6 Å². The minimum absolute atomic E-state index is 0.149. The Balaban J connectivity index is 2.43. The first-order valence-electron chi connectivity index (χ1n) is 6.29. The van der Waals surface area contributed by atoms with E-state index in [0.717, 1.165) is 6.42 Å². The fourth-order valence-corrected chi connectivity index (χ4v) is 4.80. The van der Waals surface area contributed by atoms with Gasteiger partial charge in [-0.05, 0) is 24.0 Å². The van der Waals surface area contributed by atoms with Crippen molar-refractivity contribution in [2.75, 3.05) is 13.2 Å². The van der Waals surface area contributed by atoms with Gasteiger partial charge < -0.3 is 5.11 Å². The minimum atomic E-state index is -3.59. The van der Waals surface area contributed by atoms with Crippen LogP contribution in [-0.4, -0.2) is 37.0 Å². The Labute approximate surface area is 119 Å². The average molecular weight is 304 g/mol. The average Bonchev–Trinajstić information content (AvgIpc) is 2.80. The standard InChI is InChI=1S/C13H18ClNO3S/c1-10-6-7-15(12(10)9-16)19(17,18)13-5-3-2-4-11(13)8-14/h2-5,10,12,16H,6-9H2,1H3. The molecule has 106 valence electrons. The molecule has 6 heteroatoms. The molecule has 0 saturated carbocycles. The van der Waals surface area contributed by atoms with Crippen molar-refractivity contribution < 1.29 is 13.5 Å². The van der Waals surface area contributed by atoms with E-state index >= 15 is 0 Å². The van der Waals surface area contributed by atoms with Gasteiger partial charge in [-0.3, -0.25) is 0 Å². The molecule has 0 aliphatic carbocycles. The van der Waals surface area contributed by atoms with Gasteiger partial charge in [-0.1, -0.05) is 25.1 Å². The first-order chi connectivity index (χ1) is 9.02. The van der Waals surface area contributed by atoms with Gasteiger partial charge in [0.15, 0.2) is 0 Å². The van der Waals surface area contributed by atoms with Gasteiger partial charge in [-0.15, -0.1) is 11.6 Å². The second-order valence-corrected chi connectivity index (χ2v) is 7.00. The molecular weight excluding hydrogens is 286 g/mol. The van der Waals surface area contributed by atoms with Crippen LogP contribution in [0.2, 0.25) is 0 Å². The van der Waals surface area contributed by atoms with Crippen molar-refractivity contribution in [2.45, 2.75) is 30.2 Å². The third kappa shape index (κ3) is 2.65. The van der Waals surface area contributed by atoms with Crippen molar-refractivity contribution in [2.24, 2.45) is 5.92 Å². The largest absolute Gasteiger partial charge is 0.395 e. The molecule has 2 rings (SSSR count). The molecule has 0 bridgehead atoms. The highest BCUT2D eigenvalue weighted by Crippen LogP contribution is 2.31. The first-order valence-corrected chi connectivity index (χ1v) is 8.26. The van der Waals surface area contributed by atoms with Crippen molar-refractivity contribution in [3.63, 3.8) is 0 Å². The molecule has 0 amide bonds. The van der Waals surface area contributed by atoms with E-state index in [0.29, 0.717) is 12.1 Å². The van der Waals surface area contributed by atoms with Gasteiger partial charge in [0, 0.05) is 12.4 Å². The molecule has 2 atom stereocenters. The van der Waals surface area contributed by atoms with Gasteiger partial charge in [-0.2, -0.15) is 4.31 Å². The van der Waals surface area contributed by atoms with Crippen LogP contribution in [0.1, 0.15) is 18.9 Å². The molecule has 1 aromatic rings. The van der Waals surface area contributed by atoms with Crippen LogP contribution in [0.4, 0.5) is 0 Å². The van der Waals surface area contributed by atoms with Crippen LogP contribution in [0.5, 0.6) is 0 Å². The van der Waals surface area contributed by atoms with E-state index in [9.17, 15) is 13.5 Å². The normalized spacial score (nSPS) is 24.8. The van der Waals surface area contributed by atoms with Gasteiger partial charge >= 0.3 is 0 Å². The molecule has 1 fully saturated rings. The van der Waals surface area contributed by atoms with Gasteiger partial charge in [0.25, 0.3) is 0 Å². The molecule has 19 heavy (non-hydrogen) atoms. The maximum absolute atomic E-state index is 12.7. The molecule has 0 aromatic heterocycles. The number of hydrogen-bond acceptors (Lipinski definition) is 3. The number of sulfonamides is 1. The van der Waals surface area contributed by atoms with E-state index < -0.39 is 10.0 Å².